The molecule has 0 heterocycles. The van der Waals surface area contributed by atoms with Crippen LogP contribution in [0.25, 0.3) is 0 Å². The minimum atomic E-state index is -0.539. The van der Waals surface area contributed by atoms with Crippen molar-refractivity contribution in [2.75, 3.05) is 13.1 Å². The van der Waals surface area contributed by atoms with E-state index in [9.17, 15) is 9.90 Å². The molecule has 0 fully saturated rings. The Morgan fingerprint density at radius 3 is 2.44 bits per heavy atom. The molecular weight excluding hydrogens is 228 g/mol. The lowest BCUT2D eigenvalue weighted by Crippen LogP contribution is -2.38. The predicted molar refractivity (Wildman–Crippen MR) is 72.3 cm³/mol. The van der Waals surface area contributed by atoms with Gasteiger partial charge in [0, 0.05) is 26.1 Å². The number of hydrogen-bond donors (Lipinski definition) is 3. The van der Waals surface area contributed by atoms with Crippen molar-refractivity contribution in [2.45, 2.75) is 32.9 Å². The number of nitrogens with one attached hydrogen (secondary N) is 2. The molecule has 0 saturated heterocycles. The molecule has 2 unspecified atom stereocenters. The first-order valence-corrected chi connectivity index (χ1v) is 6.23. The van der Waals surface area contributed by atoms with E-state index in [4.69, 9.17) is 0 Å². The molecule has 0 aromatic heterocycles. The van der Waals surface area contributed by atoms with Crippen LogP contribution in [0.3, 0.4) is 0 Å². The monoisotopic (exact) mass is 250 g/mol. The summed E-state index contributed by atoms with van der Waals surface area (Å²) in [4.78, 5) is 10.7. The summed E-state index contributed by atoms with van der Waals surface area (Å²) >= 11 is 0. The topological polar surface area (TPSA) is 61.4 Å². The van der Waals surface area contributed by atoms with Crippen molar-refractivity contribution in [3.05, 3.63) is 35.4 Å². The first kappa shape index (κ1) is 14.7. The second-order valence-corrected chi connectivity index (χ2v) is 4.58. The van der Waals surface area contributed by atoms with Crippen molar-refractivity contribution in [3.8, 4) is 0 Å². The van der Waals surface area contributed by atoms with Gasteiger partial charge < -0.3 is 15.7 Å². The number of amides is 1. The molecule has 0 aliphatic carbocycles. The van der Waals surface area contributed by atoms with E-state index in [1.807, 2.05) is 38.1 Å². The van der Waals surface area contributed by atoms with Gasteiger partial charge in [-0.1, -0.05) is 29.8 Å². The van der Waals surface area contributed by atoms with E-state index in [2.05, 4.69) is 10.6 Å². The molecule has 0 aliphatic heterocycles. The fourth-order valence-electron chi connectivity index (χ4n) is 1.70. The third kappa shape index (κ3) is 4.85. The van der Waals surface area contributed by atoms with E-state index in [0.717, 1.165) is 5.56 Å². The van der Waals surface area contributed by atoms with Gasteiger partial charge in [-0.2, -0.15) is 0 Å². The highest BCUT2D eigenvalue weighted by molar-refractivity contribution is 5.72. The molecule has 1 aromatic carbocycles. The van der Waals surface area contributed by atoms with Crippen molar-refractivity contribution >= 4 is 5.91 Å². The standard InChI is InChI=1S/C14H22N2O2/c1-10-4-6-13(7-5-10)14(18)11(2)15-8-9-16-12(3)17/h4-7,11,14-15,18H,8-9H2,1-3H3,(H,16,17). The third-order valence-corrected chi connectivity index (χ3v) is 2.86. The van der Waals surface area contributed by atoms with E-state index in [0.29, 0.717) is 13.1 Å². The van der Waals surface area contributed by atoms with Gasteiger partial charge in [0.25, 0.3) is 0 Å². The molecule has 3 N–H and O–H groups in total. The summed E-state index contributed by atoms with van der Waals surface area (Å²) in [6.07, 6.45) is -0.539. The largest absolute Gasteiger partial charge is 0.387 e. The lowest BCUT2D eigenvalue weighted by molar-refractivity contribution is -0.118. The van der Waals surface area contributed by atoms with Crippen molar-refractivity contribution in [1.82, 2.24) is 10.6 Å². The fourth-order valence-corrected chi connectivity index (χ4v) is 1.70. The van der Waals surface area contributed by atoms with E-state index >= 15 is 0 Å². The van der Waals surface area contributed by atoms with Crippen molar-refractivity contribution in [2.24, 2.45) is 0 Å². The van der Waals surface area contributed by atoms with Gasteiger partial charge in [-0.3, -0.25) is 4.79 Å². The van der Waals surface area contributed by atoms with Gasteiger partial charge >= 0.3 is 0 Å². The molecule has 1 amide bonds. The molecule has 4 heteroatoms. The summed E-state index contributed by atoms with van der Waals surface area (Å²) in [7, 11) is 0. The Bertz CT molecular complexity index is 376. The molecule has 0 spiro atoms. The van der Waals surface area contributed by atoms with E-state index in [1.165, 1.54) is 12.5 Å². The van der Waals surface area contributed by atoms with Gasteiger partial charge in [0.1, 0.15) is 0 Å². The van der Waals surface area contributed by atoms with Gasteiger partial charge in [0.05, 0.1) is 6.10 Å². The average molecular weight is 250 g/mol. The first-order chi connectivity index (χ1) is 8.50. The lowest BCUT2D eigenvalue weighted by Gasteiger charge is -2.20. The maximum Gasteiger partial charge on any atom is 0.216 e. The molecule has 0 bridgehead atoms. The zero-order chi connectivity index (χ0) is 13.5. The number of rotatable bonds is 6. The van der Waals surface area contributed by atoms with Gasteiger partial charge in [-0.15, -0.1) is 0 Å². The van der Waals surface area contributed by atoms with E-state index < -0.39 is 6.10 Å². The Morgan fingerprint density at radius 1 is 1.28 bits per heavy atom. The number of aliphatic hydroxyl groups excluding tert-OH is 1. The van der Waals surface area contributed by atoms with Crippen molar-refractivity contribution in [3.63, 3.8) is 0 Å². The number of hydrogen-bond acceptors (Lipinski definition) is 3. The van der Waals surface area contributed by atoms with Crippen LogP contribution in [-0.4, -0.2) is 30.1 Å². The highest BCUT2D eigenvalue weighted by atomic mass is 16.3. The Labute approximate surface area is 108 Å². The van der Waals surface area contributed by atoms with Crippen molar-refractivity contribution in [1.29, 1.82) is 0 Å². The molecular formula is C14H22N2O2. The lowest BCUT2D eigenvalue weighted by atomic mass is 10.0. The molecule has 1 aromatic rings. The Kier molecular flexibility index (Phi) is 5.82. The van der Waals surface area contributed by atoms with Crippen LogP contribution in [0.15, 0.2) is 24.3 Å². The Morgan fingerprint density at radius 2 is 1.89 bits per heavy atom. The second-order valence-electron chi connectivity index (χ2n) is 4.58. The molecule has 100 valence electrons. The quantitative estimate of drug-likeness (QED) is 0.664. The third-order valence-electron chi connectivity index (χ3n) is 2.86. The first-order valence-electron chi connectivity index (χ1n) is 6.23. The summed E-state index contributed by atoms with van der Waals surface area (Å²) < 4.78 is 0. The van der Waals surface area contributed by atoms with Crippen molar-refractivity contribution < 1.29 is 9.90 Å². The zero-order valence-corrected chi connectivity index (χ0v) is 11.2. The second kappa shape index (κ2) is 7.13. The van der Waals surface area contributed by atoms with Crippen LogP contribution in [0, 0.1) is 6.92 Å². The number of carbonyl (C=O) groups is 1. The molecule has 0 saturated carbocycles. The maximum atomic E-state index is 10.7. The van der Waals surface area contributed by atoms with Crippen LogP contribution < -0.4 is 10.6 Å². The molecule has 18 heavy (non-hydrogen) atoms. The summed E-state index contributed by atoms with van der Waals surface area (Å²) in [5, 5.41) is 16.0. The predicted octanol–water partition coefficient (Wildman–Crippen LogP) is 1.14. The van der Waals surface area contributed by atoms with Gasteiger partial charge in [0.2, 0.25) is 5.91 Å². The van der Waals surface area contributed by atoms with E-state index in [-0.39, 0.29) is 11.9 Å². The normalized spacial score (nSPS) is 14.0. The molecule has 2 atom stereocenters. The average Bonchev–Trinajstić information content (AvgIpc) is 2.34. The molecule has 0 radical (unpaired) electrons. The van der Waals surface area contributed by atoms with Crippen LogP contribution in [0.1, 0.15) is 31.1 Å². The summed E-state index contributed by atoms with van der Waals surface area (Å²) in [6.45, 7) is 6.65. The van der Waals surface area contributed by atoms with Gasteiger partial charge in [-0.05, 0) is 19.4 Å². The smallest absolute Gasteiger partial charge is 0.216 e. The highest BCUT2D eigenvalue weighted by Crippen LogP contribution is 2.16. The van der Waals surface area contributed by atoms with Crippen LogP contribution in [-0.2, 0) is 4.79 Å². The van der Waals surface area contributed by atoms with Crippen LogP contribution in [0.4, 0.5) is 0 Å². The summed E-state index contributed by atoms with van der Waals surface area (Å²) in [5.74, 6) is -0.0384. The van der Waals surface area contributed by atoms with Crippen LogP contribution >= 0.6 is 0 Å². The number of carbonyl (C=O) groups excluding carboxylic acids is 1. The van der Waals surface area contributed by atoms with Gasteiger partial charge in [0.15, 0.2) is 0 Å². The van der Waals surface area contributed by atoms with E-state index in [1.54, 1.807) is 0 Å². The molecule has 1 rings (SSSR count). The number of aryl methyl sites for hydroxylation is 1. The Balaban J connectivity index is 2.38. The summed E-state index contributed by atoms with van der Waals surface area (Å²) in [5.41, 5.74) is 2.08. The van der Waals surface area contributed by atoms with Gasteiger partial charge in [-0.25, -0.2) is 0 Å². The maximum absolute atomic E-state index is 10.7. The minimum absolute atomic E-state index is 0.0384. The molecule has 4 nitrogen and oxygen atoms in total. The molecule has 0 aliphatic rings. The minimum Gasteiger partial charge on any atom is -0.387 e. The SMILES string of the molecule is CC(=O)NCCNC(C)C(O)c1ccc(C)cc1. The fraction of sp³-hybridized carbons (Fsp3) is 0.500. The Hall–Kier alpha value is -1.39. The number of benzene rings is 1. The number of aliphatic hydroxyl groups is 1. The zero-order valence-electron chi connectivity index (χ0n) is 11.2. The summed E-state index contributed by atoms with van der Waals surface area (Å²) in [6, 6.07) is 7.80. The van der Waals surface area contributed by atoms with Crippen LogP contribution in [0.2, 0.25) is 0 Å². The highest BCUT2D eigenvalue weighted by Gasteiger charge is 2.15. The van der Waals surface area contributed by atoms with Crippen LogP contribution in [0.5, 0.6) is 0 Å².